The maximum Gasteiger partial charge on any atom is 0.240 e. The summed E-state index contributed by atoms with van der Waals surface area (Å²) in [6, 6.07) is -0.441. The highest BCUT2D eigenvalue weighted by Crippen LogP contribution is 2.20. The second kappa shape index (κ2) is 5.83. The summed E-state index contributed by atoms with van der Waals surface area (Å²) in [5, 5.41) is 0. The lowest BCUT2D eigenvalue weighted by Crippen LogP contribution is -2.51. The van der Waals surface area contributed by atoms with Crippen LogP contribution in [0.15, 0.2) is 0 Å². The van der Waals surface area contributed by atoms with Crippen molar-refractivity contribution in [1.29, 1.82) is 0 Å². The zero-order valence-corrected chi connectivity index (χ0v) is 11.5. The molecule has 1 aliphatic rings. The molecule has 0 bridgehead atoms. The molecule has 0 saturated carbocycles. The largest absolute Gasteiger partial charge is 0.376 e. The van der Waals surface area contributed by atoms with Crippen LogP contribution in [-0.2, 0) is 9.53 Å². The number of rotatable bonds is 4. The first-order valence-electron chi connectivity index (χ1n) is 6.52. The van der Waals surface area contributed by atoms with Crippen molar-refractivity contribution in [3.05, 3.63) is 0 Å². The minimum absolute atomic E-state index is 0.0375. The molecular formula is C13H26N2O2. The third-order valence-electron chi connectivity index (χ3n) is 3.34. The fraction of sp³-hybridized carbons (Fsp3) is 0.923. The Hall–Kier alpha value is -0.610. The van der Waals surface area contributed by atoms with Gasteiger partial charge in [0.2, 0.25) is 5.91 Å². The van der Waals surface area contributed by atoms with Crippen molar-refractivity contribution in [2.24, 2.45) is 11.1 Å². The monoisotopic (exact) mass is 242 g/mol. The summed E-state index contributed by atoms with van der Waals surface area (Å²) in [6.45, 7) is 10.2. The lowest BCUT2D eigenvalue weighted by Gasteiger charge is -2.32. The molecule has 1 saturated heterocycles. The minimum atomic E-state index is -0.441. The molecule has 4 nitrogen and oxygen atoms in total. The van der Waals surface area contributed by atoms with E-state index in [1.54, 1.807) is 0 Å². The Kier molecular flexibility index (Phi) is 4.95. The van der Waals surface area contributed by atoms with Crippen molar-refractivity contribution in [2.75, 3.05) is 19.7 Å². The van der Waals surface area contributed by atoms with E-state index in [0.717, 1.165) is 19.4 Å². The number of amides is 1. The number of likely N-dealkylation sites (N-methyl/N-ethyl adjacent to an activating group) is 1. The van der Waals surface area contributed by atoms with Crippen LogP contribution in [0.5, 0.6) is 0 Å². The van der Waals surface area contributed by atoms with Gasteiger partial charge in [0.15, 0.2) is 0 Å². The zero-order chi connectivity index (χ0) is 13.1. The first kappa shape index (κ1) is 14.5. The van der Waals surface area contributed by atoms with Crippen LogP contribution in [0.25, 0.3) is 0 Å². The number of nitrogens with two attached hydrogens (primary N) is 1. The van der Waals surface area contributed by atoms with Gasteiger partial charge in [-0.3, -0.25) is 4.79 Å². The molecule has 0 aromatic heterocycles. The summed E-state index contributed by atoms with van der Waals surface area (Å²) in [6.07, 6.45) is 2.35. The van der Waals surface area contributed by atoms with Gasteiger partial charge in [-0.05, 0) is 25.2 Å². The van der Waals surface area contributed by atoms with Gasteiger partial charge in [-0.15, -0.1) is 0 Å². The molecule has 100 valence electrons. The van der Waals surface area contributed by atoms with Gasteiger partial charge in [0, 0.05) is 19.7 Å². The van der Waals surface area contributed by atoms with Gasteiger partial charge in [0.05, 0.1) is 12.1 Å². The number of carbonyl (C=O) groups excluding carboxylic acids is 1. The number of nitrogens with zero attached hydrogens (tertiary/aromatic N) is 1. The van der Waals surface area contributed by atoms with Crippen molar-refractivity contribution >= 4 is 5.91 Å². The smallest absolute Gasteiger partial charge is 0.240 e. The summed E-state index contributed by atoms with van der Waals surface area (Å²) in [5.41, 5.74) is 5.82. The summed E-state index contributed by atoms with van der Waals surface area (Å²) in [7, 11) is 0. The first-order valence-corrected chi connectivity index (χ1v) is 6.52. The third kappa shape index (κ3) is 3.96. The maximum atomic E-state index is 12.3. The second-order valence-corrected chi connectivity index (χ2v) is 5.86. The van der Waals surface area contributed by atoms with E-state index in [0.29, 0.717) is 13.1 Å². The fourth-order valence-corrected chi connectivity index (χ4v) is 1.98. The Balaban J connectivity index is 2.57. The van der Waals surface area contributed by atoms with Gasteiger partial charge in [0.1, 0.15) is 0 Å². The molecule has 1 rings (SSSR count). The molecule has 0 spiro atoms. The molecule has 1 aliphatic heterocycles. The van der Waals surface area contributed by atoms with Crippen molar-refractivity contribution in [1.82, 2.24) is 4.90 Å². The lowest BCUT2D eigenvalue weighted by molar-refractivity contribution is -0.136. The molecule has 2 N–H and O–H groups in total. The molecule has 0 aromatic carbocycles. The van der Waals surface area contributed by atoms with E-state index in [2.05, 4.69) is 0 Å². The van der Waals surface area contributed by atoms with Crippen LogP contribution < -0.4 is 5.73 Å². The van der Waals surface area contributed by atoms with E-state index in [9.17, 15) is 4.79 Å². The molecule has 1 amide bonds. The standard InChI is InChI=1S/C13H26N2O2/c1-5-15(9-10-7-6-8-17-10)12(16)11(14)13(2,3)4/h10-11H,5-9,14H2,1-4H3. The van der Waals surface area contributed by atoms with E-state index in [1.807, 2.05) is 32.6 Å². The van der Waals surface area contributed by atoms with Crippen LogP contribution >= 0.6 is 0 Å². The van der Waals surface area contributed by atoms with E-state index in [4.69, 9.17) is 10.5 Å². The number of ether oxygens (including phenoxy) is 1. The molecule has 0 aliphatic carbocycles. The summed E-state index contributed by atoms with van der Waals surface area (Å²) >= 11 is 0. The Labute approximate surface area is 104 Å². The maximum absolute atomic E-state index is 12.3. The number of hydrogen-bond donors (Lipinski definition) is 1. The van der Waals surface area contributed by atoms with Crippen LogP contribution in [0.2, 0.25) is 0 Å². The van der Waals surface area contributed by atoms with Crippen molar-refractivity contribution < 1.29 is 9.53 Å². The number of carbonyl (C=O) groups is 1. The molecule has 2 unspecified atom stereocenters. The molecule has 0 radical (unpaired) electrons. The van der Waals surface area contributed by atoms with Crippen molar-refractivity contribution in [2.45, 2.75) is 52.7 Å². The first-order chi connectivity index (χ1) is 7.86. The van der Waals surface area contributed by atoms with Gasteiger partial charge < -0.3 is 15.4 Å². The Morgan fingerprint density at radius 1 is 1.53 bits per heavy atom. The Morgan fingerprint density at radius 2 is 2.18 bits per heavy atom. The molecule has 4 heteroatoms. The quantitative estimate of drug-likeness (QED) is 0.810. The molecule has 1 fully saturated rings. The normalized spacial score (nSPS) is 22.5. The molecular weight excluding hydrogens is 216 g/mol. The zero-order valence-electron chi connectivity index (χ0n) is 11.5. The van der Waals surface area contributed by atoms with Crippen LogP contribution in [-0.4, -0.2) is 42.6 Å². The van der Waals surface area contributed by atoms with Crippen molar-refractivity contribution in [3.63, 3.8) is 0 Å². The van der Waals surface area contributed by atoms with Crippen LogP contribution in [0.3, 0.4) is 0 Å². The Bertz CT molecular complexity index is 255. The average Bonchev–Trinajstić information content (AvgIpc) is 2.75. The van der Waals surface area contributed by atoms with Gasteiger partial charge in [-0.2, -0.15) is 0 Å². The molecule has 1 heterocycles. The van der Waals surface area contributed by atoms with Crippen molar-refractivity contribution in [3.8, 4) is 0 Å². The summed E-state index contributed by atoms with van der Waals surface area (Å²) < 4.78 is 5.57. The highest BCUT2D eigenvalue weighted by atomic mass is 16.5. The highest BCUT2D eigenvalue weighted by Gasteiger charge is 2.32. The van der Waals surface area contributed by atoms with Crippen LogP contribution in [0.4, 0.5) is 0 Å². The summed E-state index contributed by atoms with van der Waals surface area (Å²) in [4.78, 5) is 14.1. The molecule has 0 aromatic rings. The van der Waals surface area contributed by atoms with Gasteiger partial charge >= 0.3 is 0 Å². The minimum Gasteiger partial charge on any atom is -0.376 e. The fourth-order valence-electron chi connectivity index (χ4n) is 1.98. The molecule has 2 atom stereocenters. The SMILES string of the molecule is CCN(CC1CCCO1)C(=O)C(N)C(C)(C)C. The number of hydrogen-bond acceptors (Lipinski definition) is 3. The second-order valence-electron chi connectivity index (χ2n) is 5.86. The average molecular weight is 242 g/mol. The Morgan fingerprint density at radius 3 is 2.59 bits per heavy atom. The highest BCUT2D eigenvalue weighted by molar-refractivity contribution is 5.82. The predicted molar refractivity (Wildman–Crippen MR) is 68.7 cm³/mol. The topological polar surface area (TPSA) is 55.6 Å². The summed E-state index contributed by atoms with van der Waals surface area (Å²) in [5.74, 6) is 0.0375. The van der Waals surface area contributed by atoms with Crippen LogP contribution in [0, 0.1) is 5.41 Å². The van der Waals surface area contributed by atoms with E-state index in [-0.39, 0.29) is 17.4 Å². The molecule has 17 heavy (non-hydrogen) atoms. The predicted octanol–water partition coefficient (Wildman–Crippen LogP) is 1.39. The van der Waals surface area contributed by atoms with E-state index < -0.39 is 6.04 Å². The van der Waals surface area contributed by atoms with E-state index in [1.165, 1.54) is 0 Å². The van der Waals surface area contributed by atoms with E-state index >= 15 is 0 Å². The third-order valence-corrected chi connectivity index (χ3v) is 3.34. The van der Waals surface area contributed by atoms with Gasteiger partial charge in [-0.25, -0.2) is 0 Å². The van der Waals surface area contributed by atoms with Gasteiger partial charge in [0.25, 0.3) is 0 Å². The van der Waals surface area contributed by atoms with Crippen LogP contribution in [0.1, 0.15) is 40.5 Å². The lowest BCUT2D eigenvalue weighted by atomic mass is 9.86. The van der Waals surface area contributed by atoms with Gasteiger partial charge in [-0.1, -0.05) is 20.8 Å².